The zero-order chi connectivity index (χ0) is 17.0. The number of nitrogens with zero attached hydrogens (tertiary/aromatic N) is 2. The fraction of sp³-hybridized carbons (Fsp3) is 0.529. The SMILES string of the molecule is Cc1cc(C(=O)N2CCC[C@@H](N(C)CC(=O)O)CC2)ccc1Cl. The van der Waals surface area contributed by atoms with Crippen molar-refractivity contribution in [2.75, 3.05) is 26.7 Å². The summed E-state index contributed by atoms with van der Waals surface area (Å²) in [4.78, 5) is 27.2. The average Bonchev–Trinajstić information content (AvgIpc) is 2.74. The molecule has 23 heavy (non-hydrogen) atoms. The summed E-state index contributed by atoms with van der Waals surface area (Å²) in [5.41, 5.74) is 1.55. The molecule has 1 amide bonds. The first-order chi connectivity index (χ1) is 10.9. The molecule has 1 aromatic rings. The van der Waals surface area contributed by atoms with Crippen LogP contribution >= 0.6 is 11.6 Å². The number of amides is 1. The largest absolute Gasteiger partial charge is 0.480 e. The van der Waals surface area contributed by atoms with Crippen molar-refractivity contribution in [3.8, 4) is 0 Å². The van der Waals surface area contributed by atoms with Crippen molar-refractivity contribution in [1.29, 1.82) is 0 Å². The van der Waals surface area contributed by atoms with Gasteiger partial charge in [-0.1, -0.05) is 11.6 Å². The van der Waals surface area contributed by atoms with Crippen molar-refractivity contribution in [3.05, 3.63) is 34.3 Å². The normalized spacial score (nSPS) is 18.8. The maximum atomic E-state index is 12.6. The van der Waals surface area contributed by atoms with Crippen LogP contribution in [-0.4, -0.2) is 59.5 Å². The molecule has 1 aliphatic heterocycles. The van der Waals surface area contributed by atoms with Crippen LogP contribution in [0.15, 0.2) is 18.2 Å². The number of carboxylic acid groups (broad SMARTS) is 1. The number of likely N-dealkylation sites (N-methyl/N-ethyl adjacent to an activating group) is 1. The van der Waals surface area contributed by atoms with Crippen LogP contribution < -0.4 is 0 Å². The number of hydrogen-bond donors (Lipinski definition) is 1. The highest BCUT2D eigenvalue weighted by atomic mass is 35.5. The fourth-order valence-electron chi connectivity index (χ4n) is 3.03. The summed E-state index contributed by atoms with van der Waals surface area (Å²) in [7, 11) is 1.83. The second-order valence-electron chi connectivity index (χ2n) is 6.15. The Morgan fingerprint density at radius 2 is 2.09 bits per heavy atom. The zero-order valence-corrected chi connectivity index (χ0v) is 14.3. The molecule has 6 heteroatoms. The third-order valence-corrected chi connectivity index (χ3v) is 4.82. The summed E-state index contributed by atoms with van der Waals surface area (Å²) in [6, 6.07) is 5.54. The average molecular weight is 339 g/mol. The lowest BCUT2D eigenvalue weighted by Crippen LogP contribution is -2.37. The van der Waals surface area contributed by atoms with E-state index in [0.29, 0.717) is 23.7 Å². The number of aliphatic carboxylic acids is 1. The van der Waals surface area contributed by atoms with Crippen LogP contribution in [-0.2, 0) is 4.79 Å². The summed E-state index contributed by atoms with van der Waals surface area (Å²) in [6.07, 6.45) is 2.59. The fourth-order valence-corrected chi connectivity index (χ4v) is 3.14. The topological polar surface area (TPSA) is 60.9 Å². The molecule has 2 rings (SSSR count). The standard InChI is InChI=1S/C17H23ClN2O3/c1-12-10-13(5-6-15(12)18)17(23)20-8-3-4-14(7-9-20)19(2)11-16(21)22/h5-6,10,14H,3-4,7-9,11H2,1-2H3,(H,21,22)/t14-/m1/s1. The maximum absolute atomic E-state index is 12.6. The van der Waals surface area contributed by atoms with Gasteiger partial charge in [-0.3, -0.25) is 14.5 Å². The van der Waals surface area contributed by atoms with E-state index in [1.165, 1.54) is 0 Å². The molecule has 0 aliphatic carbocycles. The van der Waals surface area contributed by atoms with Crippen molar-refractivity contribution in [2.45, 2.75) is 32.2 Å². The van der Waals surface area contributed by atoms with Crippen molar-refractivity contribution >= 4 is 23.5 Å². The van der Waals surface area contributed by atoms with Crippen LogP contribution in [0.2, 0.25) is 5.02 Å². The Balaban J connectivity index is 2.00. The van der Waals surface area contributed by atoms with Gasteiger partial charge in [-0.2, -0.15) is 0 Å². The van der Waals surface area contributed by atoms with Gasteiger partial charge in [-0.15, -0.1) is 0 Å². The van der Waals surface area contributed by atoms with Gasteiger partial charge in [0, 0.05) is 29.7 Å². The number of rotatable bonds is 4. The van der Waals surface area contributed by atoms with Gasteiger partial charge >= 0.3 is 5.97 Å². The summed E-state index contributed by atoms with van der Waals surface area (Å²) >= 11 is 6.01. The van der Waals surface area contributed by atoms with E-state index in [9.17, 15) is 9.59 Å². The first-order valence-electron chi connectivity index (χ1n) is 7.86. The van der Waals surface area contributed by atoms with Crippen LogP contribution in [0.4, 0.5) is 0 Å². The molecule has 0 unspecified atom stereocenters. The number of carbonyl (C=O) groups is 2. The first kappa shape index (κ1) is 17.8. The van der Waals surface area contributed by atoms with Crippen molar-refractivity contribution in [3.63, 3.8) is 0 Å². The third kappa shape index (κ3) is 4.69. The summed E-state index contributed by atoms with van der Waals surface area (Å²) < 4.78 is 0. The van der Waals surface area contributed by atoms with Crippen molar-refractivity contribution in [1.82, 2.24) is 9.80 Å². The Hall–Kier alpha value is -1.59. The molecule has 1 N–H and O–H groups in total. The molecule has 0 spiro atoms. The molecule has 1 aliphatic rings. The van der Waals surface area contributed by atoms with Gasteiger partial charge in [0.25, 0.3) is 5.91 Å². The third-order valence-electron chi connectivity index (χ3n) is 4.40. The van der Waals surface area contributed by atoms with Crippen molar-refractivity contribution in [2.24, 2.45) is 0 Å². The minimum atomic E-state index is -0.818. The lowest BCUT2D eigenvalue weighted by molar-refractivity contribution is -0.138. The Morgan fingerprint density at radius 3 is 2.74 bits per heavy atom. The Labute approximate surface area is 141 Å². The quantitative estimate of drug-likeness (QED) is 0.916. The van der Waals surface area contributed by atoms with Crippen LogP contribution in [0.3, 0.4) is 0 Å². The molecular weight excluding hydrogens is 316 g/mol. The molecule has 0 aromatic heterocycles. The van der Waals surface area contributed by atoms with Crippen LogP contribution in [0, 0.1) is 6.92 Å². The van der Waals surface area contributed by atoms with E-state index in [4.69, 9.17) is 16.7 Å². The second-order valence-corrected chi connectivity index (χ2v) is 6.56. The minimum absolute atomic E-state index is 0.0197. The molecule has 0 radical (unpaired) electrons. The Bertz CT molecular complexity index is 591. The van der Waals surface area contributed by atoms with E-state index < -0.39 is 5.97 Å². The van der Waals surface area contributed by atoms with E-state index in [-0.39, 0.29) is 18.5 Å². The molecule has 1 aromatic carbocycles. The number of halogens is 1. The number of carboxylic acids is 1. The maximum Gasteiger partial charge on any atom is 0.317 e. The number of hydrogen-bond acceptors (Lipinski definition) is 3. The molecule has 0 saturated carbocycles. The molecule has 126 valence electrons. The Morgan fingerprint density at radius 1 is 1.35 bits per heavy atom. The lowest BCUT2D eigenvalue weighted by Gasteiger charge is -2.25. The van der Waals surface area contributed by atoms with Crippen LogP contribution in [0.5, 0.6) is 0 Å². The summed E-state index contributed by atoms with van der Waals surface area (Å²) in [6.45, 7) is 3.28. The van der Waals surface area contributed by atoms with Gasteiger partial charge in [0.1, 0.15) is 0 Å². The van der Waals surface area contributed by atoms with E-state index in [1.807, 2.05) is 29.8 Å². The highest BCUT2D eigenvalue weighted by molar-refractivity contribution is 6.31. The van der Waals surface area contributed by atoms with Gasteiger partial charge < -0.3 is 10.0 Å². The van der Waals surface area contributed by atoms with Crippen LogP contribution in [0.25, 0.3) is 0 Å². The monoisotopic (exact) mass is 338 g/mol. The second kappa shape index (κ2) is 7.79. The smallest absolute Gasteiger partial charge is 0.317 e. The van der Waals surface area contributed by atoms with Gasteiger partial charge in [0.05, 0.1) is 6.54 Å². The van der Waals surface area contributed by atoms with Gasteiger partial charge in [0.2, 0.25) is 0 Å². The number of likely N-dealkylation sites (tertiary alicyclic amines) is 1. The molecule has 1 atom stereocenters. The van der Waals surface area contributed by atoms with E-state index >= 15 is 0 Å². The highest BCUT2D eigenvalue weighted by Gasteiger charge is 2.24. The molecule has 1 saturated heterocycles. The number of benzene rings is 1. The Kier molecular flexibility index (Phi) is 6.02. The molecule has 5 nitrogen and oxygen atoms in total. The van der Waals surface area contributed by atoms with E-state index in [2.05, 4.69) is 0 Å². The molecule has 1 fully saturated rings. The van der Waals surface area contributed by atoms with Gasteiger partial charge in [-0.05, 0) is 57.0 Å². The van der Waals surface area contributed by atoms with Crippen molar-refractivity contribution < 1.29 is 14.7 Å². The lowest BCUT2D eigenvalue weighted by atomic mass is 10.1. The molecule has 1 heterocycles. The summed E-state index contributed by atoms with van der Waals surface area (Å²) in [5, 5.41) is 9.57. The van der Waals surface area contributed by atoms with Gasteiger partial charge in [0.15, 0.2) is 0 Å². The molecular formula is C17H23ClN2O3. The minimum Gasteiger partial charge on any atom is -0.480 e. The van der Waals surface area contributed by atoms with Crippen LogP contribution in [0.1, 0.15) is 35.2 Å². The van der Waals surface area contributed by atoms with Gasteiger partial charge in [-0.25, -0.2) is 0 Å². The zero-order valence-electron chi connectivity index (χ0n) is 13.6. The number of aryl methyl sites for hydroxylation is 1. The first-order valence-corrected chi connectivity index (χ1v) is 8.23. The highest BCUT2D eigenvalue weighted by Crippen LogP contribution is 2.20. The molecule has 0 bridgehead atoms. The summed E-state index contributed by atoms with van der Waals surface area (Å²) in [5.74, 6) is -0.798. The predicted molar refractivity (Wildman–Crippen MR) is 90.0 cm³/mol. The van der Waals surface area contributed by atoms with E-state index in [1.54, 1.807) is 12.1 Å². The number of carbonyl (C=O) groups excluding carboxylic acids is 1. The van der Waals surface area contributed by atoms with E-state index in [0.717, 1.165) is 24.8 Å². The predicted octanol–water partition coefficient (Wildman–Crippen LogP) is 2.66.